The molecule has 0 saturated carbocycles. The van der Waals surface area contributed by atoms with E-state index in [1.54, 1.807) is 25.2 Å². The number of hydrogen-bond acceptors (Lipinski definition) is 6. The highest BCUT2D eigenvalue weighted by atomic mass is 35.5. The van der Waals surface area contributed by atoms with Crippen molar-refractivity contribution in [2.75, 3.05) is 25.0 Å². The predicted molar refractivity (Wildman–Crippen MR) is 161 cm³/mol. The largest absolute Gasteiger partial charge is 0.490 e. The van der Waals surface area contributed by atoms with Gasteiger partial charge in [-0.3, -0.25) is 14.4 Å². The second-order valence-corrected chi connectivity index (χ2v) is 12.0. The fourth-order valence-electron chi connectivity index (χ4n) is 4.86. The van der Waals surface area contributed by atoms with E-state index in [4.69, 9.17) is 31.5 Å². The van der Waals surface area contributed by atoms with Crippen molar-refractivity contribution in [2.45, 2.75) is 59.4 Å². The van der Waals surface area contributed by atoms with Crippen molar-refractivity contribution in [3.63, 3.8) is 0 Å². The van der Waals surface area contributed by atoms with Crippen LogP contribution in [0.25, 0.3) is 22.3 Å². The molecular weight excluding hydrogens is 604 g/mol. The Bertz CT molecular complexity index is 1630. The van der Waals surface area contributed by atoms with Gasteiger partial charge in [-0.05, 0) is 43.5 Å². The van der Waals surface area contributed by atoms with E-state index < -0.39 is 18.0 Å². The zero-order valence-electron chi connectivity index (χ0n) is 25.3. The van der Waals surface area contributed by atoms with Crippen molar-refractivity contribution in [1.82, 2.24) is 19.4 Å². The minimum absolute atomic E-state index is 0.0241. The summed E-state index contributed by atoms with van der Waals surface area (Å²) in [6.07, 6.45) is -3.73. The highest BCUT2D eigenvalue weighted by Gasteiger charge is 2.38. The number of piperazine rings is 1. The quantitative estimate of drug-likeness (QED) is 0.290. The lowest BCUT2D eigenvalue weighted by atomic mass is 9.97. The normalized spacial score (nSPS) is 17.8. The molecule has 0 bridgehead atoms. The first kappa shape index (κ1) is 34.5. The third-order valence-corrected chi connectivity index (χ3v) is 7.11. The topological polar surface area (TPSA) is 104 Å². The molecule has 0 spiro atoms. The summed E-state index contributed by atoms with van der Waals surface area (Å²) in [5, 5.41) is 8.22. The van der Waals surface area contributed by atoms with Gasteiger partial charge in [0, 0.05) is 44.3 Å². The van der Waals surface area contributed by atoms with Crippen molar-refractivity contribution in [3.05, 3.63) is 59.4 Å². The van der Waals surface area contributed by atoms with Crippen LogP contribution >= 0.6 is 11.6 Å². The Morgan fingerprint density at radius 2 is 1.75 bits per heavy atom. The number of halogens is 5. The first-order valence-corrected chi connectivity index (χ1v) is 14.1. The average molecular weight is 639 g/mol. The Kier molecular flexibility index (Phi) is 10.4. The van der Waals surface area contributed by atoms with E-state index in [0.717, 1.165) is 5.39 Å². The van der Waals surface area contributed by atoms with Crippen LogP contribution in [0.2, 0.25) is 5.02 Å². The molecule has 1 amide bonds. The molecule has 0 aliphatic carbocycles. The monoisotopic (exact) mass is 638 g/mol. The summed E-state index contributed by atoms with van der Waals surface area (Å²) >= 11 is 6.76. The summed E-state index contributed by atoms with van der Waals surface area (Å²) < 4.78 is 48.5. The third-order valence-electron chi connectivity index (χ3n) is 6.82. The Morgan fingerprint density at radius 3 is 2.27 bits per heavy atom. The van der Waals surface area contributed by atoms with Crippen LogP contribution in [-0.4, -0.2) is 74.8 Å². The molecule has 14 heteroatoms. The van der Waals surface area contributed by atoms with E-state index >= 15 is 0 Å². The molecule has 44 heavy (non-hydrogen) atoms. The molecule has 0 unspecified atom stereocenters. The Hall–Kier alpha value is -4.00. The number of anilines is 1. The molecule has 1 aliphatic rings. The predicted octanol–water partition coefficient (Wildman–Crippen LogP) is 5.71. The molecule has 238 valence electrons. The molecule has 1 N–H and O–H groups in total. The number of pyridine rings is 1. The first-order chi connectivity index (χ1) is 20.4. The van der Waals surface area contributed by atoms with Gasteiger partial charge in [0.15, 0.2) is 0 Å². The number of carbonyl (C=O) groups excluding carboxylic acids is 1. The maximum Gasteiger partial charge on any atom is 0.490 e. The van der Waals surface area contributed by atoms with E-state index in [0.29, 0.717) is 53.0 Å². The fourth-order valence-corrected chi connectivity index (χ4v) is 5.11. The lowest BCUT2D eigenvalue weighted by Gasteiger charge is -2.44. The lowest BCUT2D eigenvalue weighted by molar-refractivity contribution is -0.192. The number of aromatic nitrogens is 3. The van der Waals surface area contributed by atoms with Crippen molar-refractivity contribution < 1.29 is 32.3 Å². The van der Waals surface area contributed by atoms with Crippen LogP contribution in [0.4, 0.5) is 23.4 Å². The molecule has 3 heterocycles. The van der Waals surface area contributed by atoms with Crippen LogP contribution in [0.3, 0.4) is 0 Å². The van der Waals surface area contributed by atoms with Crippen LogP contribution in [0.15, 0.2) is 48.0 Å². The minimum Gasteiger partial charge on any atom is -0.475 e. The number of fused-ring (bicyclic) bond motifs is 1. The molecule has 1 aromatic carbocycles. The zero-order valence-corrected chi connectivity index (χ0v) is 26.0. The number of rotatable bonds is 4. The first-order valence-electron chi connectivity index (χ1n) is 13.7. The third kappa shape index (κ3) is 7.74. The van der Waals surface area contributed by atoms with Gasteiger partial charge in [0.2, 0.25) is 11.5 Å². The fraction of sp³-hybridized carbons (Fsp3) is 0.433. The van der Waals surface area contributed by atoms with Gasteiger partial charge in [0.1, 0.15) is 17.3 Å². The molecule has 1 aliphatic heterocycles. The van der Waals surface area contributed by atoms with Gasteiger partial charge in [0.25, 0.3) is 0 Å². The molecule has 2 atom stereocenters. The van der Waals surface area contributed by atoms with Crippen LogP contribution in [0.1, 0.15) is 34.6 Å². The van der Waals surface area contributed by atoms with E-state index in [1.165, 1.54) is 12.1 Å². The summed E-state index contributed by atoms with van der Waals surface area (Å²) in [5.41, 5.74) is 1.77. The number of aliphatic carboxylic acids is 1. The number of carboxylic acids is 1. The summed E-state index contributed by atoms with van der Waals surface area (Å²) in [6, 6.07) is 8.23. The lowest BCUT2D eigenvalue weighted by Crippen LogP contribution is -2.58. The van der Waals surface area contributed by atoms with Crippen molar-refractivity contribution in [2.24, 2.45) is 10.4 Å². The Balaban J connectivity index is 0.000000676. The molecule has 2 aromatic heterocycles. The van der Waals surface area contributed by atoms with Gasteiger partial charge >= 0.3 is 12.1 Å². The number of alkyl halides is 3. The Labute approximate surface area is 257 Å². The molecule has 1 fully saturated rings. The van der Waals surface area contributed by atoms with Gasteiger partial charge in [-0.25, -0.2) is 14.2 Å². The number of hydrogen-bond donors (Lipinski definition) is 1. The van der Waals surface area contributed by atoms with Crippen LogP contribution < -0.4 is 10.5 Å². The average Bonchev–Trinajstić information content (AvgIpc) is 2.93. The van der Waals surface area contributed by atoms with Crippen molar-refractivity contribution in [3.8, 4) is 11.3 Å². The molecular formula is C30H35ClF4N6O3. The standard InChI is InChI=1S/C28H34ClFN6O.C2HF3O2/c1-8-23(37)34-14-18(3)35(15-17(34)2)26-20-13-21(29)24(19-11-9-10-12-22(19)30)32-25(20)36(16-28(4,5)6)27(31-7)33-26;3-2(4,5)1(6)7/h8-13,17-18H,1,14-16H2,2-7H3;(H,6,7)/t17-,18+;/m1./s1. The summed E-state index contributed by atoms with van der Waals surface area (Å²) in [5.74, 6) is -2.54. The van der Waals surface area contributed by atoms with E-state index in [2.05, 4.69) is 44.2 Å². The minimum atomic E-state index is -5.08. The second-order valence-electron chi connectivity index (χ2n) is 11.6. The SMILES string of the molecule is C=CC(=O)N1C[C@H](C)N(c2nc(=NC)n(CC(C)(C)C)c3nc(-c4ccccc4F)c(Cl)cc23)C[C@H]1C.O=C(O)C(F)(F)F. The van der Waals surface area contributed by atoms with E-state index in [9.17, 15) is 22.4 Å². The van der Waals surface area contributed by atoms with Gasteiger partial charge in [0.05, 0.1) is 16.1 Å². The summed E-state index contributed by atoms with van der Waals surface area (Å²) in [4.78, 5) is 39.7. The van der Waals surface area contributed by atoms with Gasteiger partial charge < -0.3 is 14.9 Å². The summed E-state index contributed by atoms with van der Waals surface area (Å²) in [7, 11) is 1.71. The van der Waals surface area contributed by atoms with Crippen LogP contribution in [0, 0.1) is 11.2 Å². The number of carbonyl (C=O) groups is 2. The highest BCUT2D eigenvalue weighted by molar-refractivity contribution is 6.33. The number of amides is 1. The smallest absolute Gasteiger partial charge is 0.475 e. The molecule has 4 rings (SSSR count). The van der Waals surface area contributed by atoms with Gasteiger partial charge in [-0.15, -0.1) is 0 Å². The summed E-state index contributed by atoms with van der Waals surface area (Å²) in [6.45, 7) is 15.8. The maximum absolute atomic E-state index is 14.8. The van der Waals surface area contributed by atoms with E-state index in [-0.39, 0.29) is 23.4 Å². The molecule has 9 nitrogen and oxygen atoms in total. The Morgan fingerprint density at radius 1 is 1.14 bits per heavy atom. The molecule has 3 aromatic rings. The van der Waals surface area contributed by atoms with Crippen LogP contribution in [-0.2, 0) is 16.1 Å². The van der Waals surface area contributed by atoms with E-state index in [1.807, 2.05) is 22.5 Å². The maximum atomic E-state index is 14.8. The van der Waals surface area contributed by atoms with Crippen molar-refractivity contribution >= 4 is 40.3 Å². The molecule has 0 radical (unpaired) electrons. The highest BCUT2D eigenvalue weighted by Crippen LogP contribution is 2.35. The van der Waals surface area contributed by atoms with Gasteiger partial charge in [-0.1, -0.05) is 51.1 Å². The molecule has 1 saturated heterocycles. The number of nitrogens with zero attached hydrogens (tertiary/aromatic N) is 6. The van der Waals surface area contributed by atoms with Crippen molar-refractivity contribution in [1.29, 1.82) is 0 Å². The number of carboxylic acid groups (broad SMARTS) is 1. The number of benzene rings is 1. The van der Waals surface area contributed by atoms with Crippen LogP contribution in [0.5, 0.6) is 0 Å². The second kappa shape index (κ2) is 13.3. The van der Waals surface area contributed by atoms with Gasteiger partial charge in [-0.2, -0.15) is 18.2 Å². The zero-order chi connectivity index (χ0) is 33.1.